The highest BCUT2D eigenvalue weighted by molar-refractivity contribution is 14.1. The van der Waals surface area contributed by atoms with Gasteiger partial charge in [-0.3, -0.25) is 0 Å². The minimum atomic E-state index is -0.844. The highest BCUT2D eigenvalue weighted by Gasteiger charge is 2.18. The van der Waals surface area contributed by atoms with Gasteiger partial charge >= 0.3 is 5.97 Å². The van der Waals surface area contributed by atoms with Crippen LogP contribution in [0.2, 0.25) is 0 Å². The summed E-state index contributed by atoms with van der Waals surface area (Å²) >= 11 is 2.15. The molecule has 0 radical (unpaired) electrons. The van der Waals surface area contributed by atoms with Crippen molar-refractivity contribution in [1.29, 1.82) is 0 Å². The molecule has 0 spiro atoms. The van der Waals surface area contributed by atoms with E-state index >= 15 is 0 Å². The van der Waals surface area contributed by atoms with Gasteiger partial charge in [0, 0.05) is 12.7 Å². The van der Waals surface area contributed by atoms with E-state index < -0.39 is 5.97 Å². The SMILES string of the molecule is Cc1c(C(=O)O)c(C)n(C)c1I. The quantitative estimate of drug-likeness (QED) is 0.798. The Labute approximate surface area is 84.5 Å². The molecule has 1 aromatic rings. The van der Waals surface area contributed by atoms with Crippen LogP contribution in [0.5, 0.6) is 0 Å². The number of hydrogen-bond acceptors (Lipinski definition) is 1. The van der Waals surface area contributed by atoms with Crippen LogP contribution in [-0.2, 0) is 7.05 Å². The summed E-state index contributed by atoms with van der Waals surface area (Å²) in [7, 11) is 1.87. The maximum absolute atomic E-state index is 10.8. The van der Waals surface area contributed by atoms with Crippen LogP contribution in [0, 0.1) is 17.5 Å². The van der Waals surface area contributed by atoms with Gasteiger partial charge in [-0.2, -0.15) is 0 Å². The third kappa shape index (κ3) is 1.24. The fraction of sp³-hybridized carbons (Fsp3) is 0.375. The third-order valence-corrected chi connectivity index (χ3v) is 3.59. The van der Waals surface area contributed by atoms with Crippen molar-refractivity contribution >= 4 is 28.6 Å². The molecule has 0 atom stereocenters. The molecule has 0 saturated carbocycles. The Bertz CT molecular complexity index is 316. The first-order valence-corrected chi connectivity index (χ1v) is 4.59. The zero-order chi connectivity index (χ0) is 9.46. The van der Waals surface area contributed by atoms with E-state index in [1.54, 1.807) is 0 Å². The fourth-order valence-corrected chi connectivity index (χ4v) is 1.89. The second-order valence-electron chi connectivity index (χ2n) is 2.74. The largest absolute Gasteiger partial charge is 0.478 e. The summed E-state index contributed by atoms with van der Waals surface area (Å²) in [5.41, 5.74) is 2.09. The van der Waals surface area contributed by atoms with Gasteiger partial charge in [-0.15, -0.1) is 0 Å². The molecule has 12 heavy (non-hydrogen) atoms. The molecule has 0 aromatic carbocycles. The Morgan fingerprint density at radius 1 is 1.50 bits per heavy atom. The molecule has 1 heterocycles. The minimum absolute atomic E-state index is 0.432. The van der Waals surface area contributed by atoms with E-state index in [1.165, 1.54) is 0 Å². The van der Waals surface area contributed by atoms with E-state index in [0.717, 1.165) is 15.0 Å². The number of halogens is 1. The first kappa shape index (κ1) is 9.57. The van der Waals surface area contributed by atoms with Crippen LogP contribution in [0.4, 0.5) is 0 Å². The number of aromatic nitrogens is 1. The number of hydrogen-bond donors (Lipinski definition) is 1. The first-order chi connectivity index (χ1) is 5.46. The molecule has 4 heteroatoms. The molecule has 0 saturated heterocycles. The number of aromatic carboxylic acids is 1. The van der Waals surface area contributed by atoms with Crippen LogP contribution in [-0.4, -0.2) is 15.6 Å². The summed E-state index contributed by atoms with van der Waals surface area (Å²) in [6, 6.07) is 0. The predicted molar refractivity (Wildman–Crippen MR) is 54.6 cm³/mol. The number of carboxylic acids is 1. The van der Waals surface area contributed by atoms with Crippen LogP contribution in [0.15, 0.2) is 0 Å². The Balaban J connectivity index is 3.48. The second-order valence-corrected chi connectivity index (χ2v) is 3.76. The molecule has 0 fully saturated rings. The van der Waals surface area contributed by atoms with E-state index in [4.69, 9.17) is 5.11 Å². The Kier molecular flexibility index (Phi) is 2.46. The van der Waals surface area contributed by atoms with Crippen molar-refractivity contribution in [2.24, 2.45) is 7.05 Å². The van der Waals surface area contributed by atoms with E-state index in [0.29, 0.717) is 5.56 Å². The first-order valence-electron chi connectivity index (χ1n) is 3.51. The van der Waals surface area contributed by atoms with Gasteiger partial charge in [0.15, 0.2) is 0 Å². The normalized spacial score (nSPS) is 10.3. The van der Waals surface area contributed by atoms with E-state index in [2.05, 4.69) is 22.6 Å². The predicted octanol–water partition coefficient (Wildman–Crippen LogP) is 1.94. The summed E-state index contributed by atoms with van der Waals surface area (Å²) in [5, 5.41) is 8.87. The minimum Gasteiger partial charge on any atom is -0.478 e. The molecule has 1 rings (SSSR count). The number of nitrogens with zero attached hydrogens (tertiary/aromatic N) is 1. The van der Waals surface area contributed by atoms with Crippen molar-refractivity contribution < 1.29 is 9.90 Å². The van der Waals surface area contributed by atoms with Crippen molar-refractivity contribution in [1.82, 2.24) is 4.57 Å². The summed E-state index contributed by atoms with van der Waals surface area (Å²) in [6.07, 6.45) is 0. The second kappa shape index (κ2) is 3.08. The van der Waals surface area contributed by atoms with Gasteiger partial charge in [-0.05, 0) is 42.0 Å². The number of carboxylic acid groups (broad SMARTS) is 1. The van der Waals surface area contributed by atoms with Crippen molar-refractivity contribution in [3.63, 3.8) is 0 Å². The Morgan fingerprint density at radius 2 is 2.00 bits per heavy atom. The molecule has 0 unspecified atom stereocenters. The van der Waals surface area contributed by atoms with Gasteiger partial charge < -0.3 is 9.67 Å². The molecule has 0 bridgehead atoms. The van der Waals surface area contributed by atoms with Gasteiger partial charge in [0.1, 0.15) is 0 Å². The highest BCUT2D eigenvalue weighted by atomic mass is 127. The molecule has 3 nitrogen and oxygen atoms in total. The molecule has 1 N–H and O–H groups in total. The smallest absolute Gasteiger partial charge is 0.337 e. The Morgan fingerprint density at radius 3 is 2.17 bits per heavy atom. The summed E-state index contributed by atoms with van der Waals surface area (Å²) < 4.78 is 2.88. The van der Waals surface area contributed by atoms with Crippen molar-refractivity contribution in [2.75, 3.05) is 0 Å². The molecule has 0 aliphatic carbocycles. The third-order valence-electron chi connectivity index (χ3n) is 2.06. The van der Waals surface area contributed by atoms with Gasteiger partial charge in [0.05, 0.1) is 9.26 Å². The monoisotopic (exact) mass is 279 g/mol. The molecule has 66 valence electrons. The van der Waals surface area contributed by atoms with E-state index in [9.17, 15) is 4.79 Å². The van der Waals surface area contributed by atoms with Gasteiger partial charge in [-0.25, -0.2) is 4.79 Å². The van der Waals surface area contributed by atoms with Gasteiger partial charge in [0.2, 0.25) is 0 Å². The van der Waals surface area contributed by atoms with Crippen LogP contribution < -0.4 is 0 Å². The van der Waals surface area contributed by atoms with Crippen LogP contribution in [0.25, 0.3) is 0 Å². The topological polar surface area (TPSA) is 42.2 Å². The number of carbonyl (C=O) groups is 1. The maximum Gasteiger partial charge on any atom is 0.337 e. The van der Waals surface area contributed by atoms with Crippen LogP contribution in [0.1, 0.15) is 21.6 Å². The lowest BCUT2D eigenvalue weighted by molar-refractivity contribution is 0.0695. The van der Waals surface area contributed by atoms with Crippen LogP contribution in [0.3, 0.4) is 0 Å². The number of rotatable bonds is 1. The summed E-state index contributed by atoms with van der Waals surface area (Å²) in [4.78, 5) is 10.8. The lowest BCUT2D eigenvalue weighted by atomic mass is 10.2. The summed E-state index contributed by atoms with van der Waals surface area (Å²) in [6.45, 7) is 3.65. The Hall–Kier alpha value is -0.520. The van der Waals surface area contributed by atoms with Gasteiger partial charge in [-0.1, -0.05) is 0 Å². The summed E-state index contributed by atoms with van der Waals surface area (Å²) in [5.74, 6) is -0.844. The lowest BCUT2D eigenvalue weighted by Gasteiger charge is -1.97. The van der Waals surface area contributed by atoms with Crippen molar-refractivity contribution in [3.05, 3.63) is 20.5 Å². The molecule has 0 aliphatic rings. The zero-order valence-electron chi connectivity index (χ0n) is 7.18. The lowest BCUT2D eigenvalue weighted by Crippen LogP contribution is -2.00. The zero-order valence-corrected chi connectivity index (χ0v) is 9.34. The fourth-order valence-electron chi connectivity index (χ4n) is 1.26. The molecule has 0 amide bonds. The maximum atomic E-state index is 10.8. The average Bonchev–Trinajstić information content (AvgIpc) is 2.16. The molecule has 0 aliphatic heterocycles. The van der Waals surface area contributed by atoms with E-state index in [1.807, 2.05) is 25.5 Å². The van der Waals surface area contributed by atoms with Crippen molar-refractivity contribution in [3.8, 4) is 0 Å². The molecule has 1 aromatic heterocycles. The standard InChI is InChI=1S/C8H10INO2/c1-4-6(8(11)12)5(2)10(3)7(4)9/h1-3H3,(H,11,12). The van der Waals surface area contributed by atoms with E-state index in [-0.39, 0.29) is 0 Å². The van der Waals surface area contributed by atoms with Crippen molar-refractivity contribution in [2.45, 2.75) is 13.8 Å². The molecular formula is C8H10INO2. The van der Waals surface area contributed by atoms with Crippen LogP contribution >= 0.6 is 22.6 Å². The highest BCUT2D eigenvalue weighted by Crippen LogP contribution is 2.21. The van der Waals surface area contributed by atoms with Gasteiger partial charge in [0.25, 0.3) is 0 Å². The molecular weight excluding hydrogens is 269 g/mol. The average molecular weight is 279 g/mol.